The Bertz CT molecular complexity index is 288. The van der Waals surface area contributed by atoms with E-state index < -0.39 is 11.4 Å². The number of carbonyl (C=O) groups is 1. The molecule has 0 heterocycles. The third kappa shape index (κ3) is 1.72. The fourth-order valence-corrected chi connectivity index (χ4v) is 1.55. The van der Waals surface area contributed by atoms with Gasteiger partial charge in [-0.15, -0.1) is 0 Å². The number of hydrogen-bond acceptors (Lipinski definition) is 2. The second-order valence-electron chi connectivity index (χ2n) is 3.52. The van der Waals surface area contributed by atoms with Crippen molar-refractivity contribution in [3.05, 3.63) is 11.6 Å². The van der Waals surface area contributed by atoms with Crippen LogP contribution in [0.15, 0.2) is 11.6 Å². The predicted octanol–water partition coefficient (Wildman–Crippen LogP) is 2.10. The maximum Gasteiger partial charge on any atom is 0.328 e. The number of nitrogens with zero attached hydrogens (tertiary/aromatic N) is 1. The van der Waals surface area contributed by atoms with Crippen LogP contribution < -0.4 is 0 Å². The number of nitriles is 1. The summed E-state index contributed by atoms with van der Waals surface area (Å²) in [5.41, 5.74) is -0.533. The first-order valence-electron chi connectivity index (χ1n) is 4.45. The van der Waals surface area contributed by atoms with E-state index in [0.717, 1.165) is 31.3 Å². The molecule has 1 rings (SSSR count). The molecule has 1 aliphatic carbocycles. The van der Waals surface area contributed by atoms with Gasteiger partial charge in [0.2, 0.25) is 0 Å². The lowest BCUT2D eigenvalue weighted by Gasteiger charge is -2.23. The topological polar surface area (TPSA) is 61.1 Å². The molecule has 3 nitrogen and oxygen atoms in total. The first-order valence-corrected chi connectivity index (χ1v) is 4.45. The van der Waals surface area contributed by atoms with E-state index in [-0.39, 0.29) is 0 Å². The van der Waals surface area contributed by atoms with Crippen molar-refractivity contribution in [3.8, 4) is 6.07 Å². The van der Waals surface area contributed by atoms with E-state index in [1.54, 1.807) is 0 Å². The van der Waals surface area contributed by atoms with Gasteiger partial charge in [-0.25, -0.2) is 0 Å². The quantitative estimate of drug-likeness (QED) is 0.660. The first-order chi connectivity index (χ1) is 6.11. The first kappa shape index (κ1) is 9.79. The summed E-state index contributed by atoms with van der Waals surface area (Å²) in [6.07, 6.45) is 5.65. The Labute approximate surface area is 77.7 Å². The summed E-state index contributed by atoms with van der Waals surface area (Å²) in [7, 11) is 0. The molecule has 1 atom stereocenters. The Morgan fingerprint density at radius 1 is 1.69 bits per heavy atom. The van der Waals surface area contributed by atoms with Gasteiger partial charge in [0.15, 0.2) is 5.41 Å². The van der Waals surface area contributed by atoms with Crippen molar-refractivity contribution in [3.63, 3.8) is 0 Å². The van der Waals surface area contributed by atoms with Crippen molar-refractivity contribution in [1.82, 2.24) is 0 Å². The summed E-state index contributed by atoms with van der Waals surface area (Å²) >= 11 is 0. The number of rotatable bonds is 2. The number of allylic oxidation sites excluding steroid dienone is 1. The Morgan fingerprint density at radius 2 is 2.38 bits per heavy atom. The monoisotopic (exact) mass is 179 g/mol. The van der Waals surface area contributed by atoms with E-state index in [0.29, 0.717) is 0 Å². The SMILES string of the molecule is C[C@](C#N)(C(=O)O)C1=CCCCC1. The molecule has 0 unspecified atom stereocenters. The van der Waals surface area contributed by atoms with E-state index in [4.69, 9.17) is 10.4 Å². The minimum Gasteiger partial charge on any atom is -0.480 e. The summed E-state index contributed by atoms with van der Waals surface area (Å²) in [5.74, 6) is -1.04. The summed E-state index contributed by atoms with van der Waals surface area (Å²) in [6, 6.07) is 1.88. The molecule has 0 bridgehead atoms. The van der Waals surface area contributed by atoms with E-state index in [9.17, 15) is 4.79 Å². The molecule has 0 aliphatic heterocycles. The van der Waals surface area contributed by atoms with Gasteiger partial charge in [-0.3, -0.25) is 4.79 Å². The van der Waals surface area contributed by atoms with Crippen molar-refractivity contribution in [1.29, 1.82) is 5.26 Å². The second-order valence-corrected chi connectivity index (χ2v) is 3.52. The zero-order valence-corrected chi connectivity index (χ0v) is 7.71. The van der Waals surface area contributed by atoms with Gasteiger partial charge < -0.3 is 5.11 Å². The Balaban J connectivity index is 2.95. The second kappa shape index (κ2) is 3.61. The fourth-order valence-electron chi connectivity index (χ4n) is 1.55. The van der Waals surface area contributed by atoms with E-state index >= 15 is 0 Å². The van der Waals surface area contributed by atoms with Gasteiger partial charge in [0, 0.05) is 0 Å². The van der Waals surface area contributed by atoms with E-state index in [1.807, 2.05) is 12.1 Å². The largest absolute Gasteiger partial charge is 0.480 e. The van der Waals surface area contributed by atoms with E-state index in [1.165, 1.54) is 6.92 Å². The molecular weight excluding hydrogens is 166 g/mol. The maximum absolute atomic E-state index is 10.9. The van der Waals surface area contributed by atoms with Crippen molar-refractivity contribution < 1.29 is 9.90 Å². The lowest BCUT2D eigenvalue weighted by atomic mass is 9.78. The third-order valence-electron chi connectivity index (χ3n) is 2.58. The Kier molecular flexibility index (Phi) is 2.72. The average Bonchev–Trinajstić information content (AvgIpc) is 2.17. The summed E-state index contributed by atoms with van der Waals surface area (Å²) < 4.78 is 0. The number of aliphatic carboxylic acids is 1. The van der Waals surface area contributed by atoms with Crippen LogP contribution in [-0.2, 0) is 4.79 Å². The molecule has 0 aromatic heterocycles. The van der Waals surface area contributed by atoms with Gasteiger partial charge in [0.1, 0.15) is 0 Å². The molecule has 0 amide bonds. The molecule has 13 heavy (non-hydrogen) atoms. The molecule has 1 aliphatic rings. The molecule has 0 radical (unpaired) electrons. The standard InChI is InChI=1S/C10H13NO2/c1-10(7-11,9(12)13)8-5-3-2-4-6-8/h5H,2-4,6H2,1H3,(H,12,13)/t10-/m1/s1. The highest BCUT2D eigenvalue weighted by atomic mass is 16.4. The summed E-state index contributed by atoms with van der Waals surface area (Å²) in [5, 5.41) is 17.8. The van der Waals surface area contributed by atoms with Gasteiger partial charge in [0.05, 0.1) is 6.07 Å². The van der Waals surface area contributed by atoms with Crippen LogP contribution in [0, 0.1) is 16.7 Å². The van der Waals surface area contributed by atoms with Crippen molar-refractivity contribution in [2.45, 2.75) is 32.6 Å². The van der Waals surface area contributed by atoms with Crippen LogP contribution in [-0.4, -0.2) is 11.1 Å². The number of carboxylic acid groups (broad SMARTS) is 1. The lowest BCUT2D eigenvalue weighted by molar-refractivity contribution is -0.143. The van der Waals surface area contributed by atoms with Crippen molar-refractivity contribution in [2.75, 3.05) is 0 Å². The highest BCUT2D eigenvalue weighted by Crippen LogP contribution is 2.33. The van der Waals surface area contributed by atoms with Gasteiger partial charge in [-0.05, 0) is 38.2 Å². The molecule has 0 spiro atoms. The van der Waals surface area contributed by atoms with Crippen LogP contribution in [0.3, 0.4) is 0 Å². The molecular formula is C10H13NO2. The molecule has 1 N–H and O–H groups in total. The normalized spacial score (nSPS) is 21.1. The zero-order chi connectivity index (χ0) is 9.90. The summed E-state index contributed by atoms with van der Waals surface area (Å²) in [6.45, 7) is 1.48. The number of hydrogen-bond donors (Lipinski definition) is 1. The highest BCUT2D eigenvalue weighted by Gasteiger charge is 2.37. The van der Waals surface area contributed by atoms with Gasteiger partial charge in [-0.1, -0.05) is 6.08 Å². The van der Waals surface area contributed by atoms with Gasteiger partial charge in [-0.2, -0.15) is 5.26 Å². The third-order valence-corrected chi connectivity index (χ3v) is 2.58. The fraction of sp³-hybridized carbons (Fsp3) is 0.600. The van der Waals surface area contributed by atoms with E-state index in [2.05, 4.69) is 0 Å². The molecule has 0 saturated heterocycles. The van der Waals surface area contributed by atoms with Crippen LogP contribution in [0.25, 0.3) is 0 Å². The lowest BCUT2D eigenvalue weighted by Crippen LogP contribution is -2.28. The van der Waals surface area contributed by atoms with Gasteiger partial charge in [0.25, 0.3) is 0 Å². The molecule has 0 aromatic rings. The van der Waals surface area contributed by atoms with Crippen LogP contribution in [0.2, 0.25) is 0 Å². The predicted molar refractivity (Wildman–Crippen MR) is 47.9 cm³/mol. The van der Waals surface area contributed by atoms with Crippen LogP contribution in [0.1, 0.15) is 32.6 Å². The Hall–Kier alpha value is -1.30. The van der Waals surface area contributed by atoms with Crippen molar-refractivity contribution in [2.24, 2.45) is 5.41 Å². The molecule has 0 saturated carbocycles. The van der Waals surface area contributed by atoms with Crippen LogP contribution in [0.5, 0.6) is 0 Å². The average molecular weight is 179 g/mol. The van der Waals surface area contributed by atoms with Crippen LogP contribution >= 0.6 is 0 Å². The zero-order valence-electron chi connectivity index (χ0n) is 7.71. The summed E-state index contributed by atoms with van der Waals surface area (Å²) in [4.78, 5) is 10.9. The maximum atomic E-state index is 10.9. The molecule has 3 heteroatoms. The molecule has 0 aromatic carbocycles. The highest BCUT2D eigenvalue weighted by molar-refractivity contribution is 5.81. The van der Waals surface area contributed by atoms with Crippen LogP contribution in [0.4, 0.5) is 0 Å². The molecule has 70 valence electrons. The molecule has 0 fully saturated rings. The smallest absolute Gasteiger partial charge is 0.328 e. The minimum atomic E-state index is -1.31. The minimum absolute atomic E-state index is 0.746. The number of carboxylic acids is 1. The van der Waals surface area contributed by atoms with Gasteiger partial charge >= 0.3 is 5.97 Å². The van der Waals surface area contributed by atoms with Crippen molar-refractivity contribution >= 4 is 5.97 Å². The Morgan fingerprint density at radius 3 is 2.77 bits per heavy atom.